The molecule has 0 N–H and O–H groups in total. The van der Waals surface area contributed by atoms with E-state index in [1.807, 2.05) is 60.7 Å². The maximum absolute atomic E-state index is 13.5. The molecule has 0 aliphatic carbocycles. The number of ether oxygens (including phenoxy) is 3. The minimum absolute atomic E-state index is 0.0476. The number of benzene rings is 3. The summed E-state index contributed by atoms with van der Waals surface area (Å²) in [6, 6.07) is 21.9. The highest BCUT2D eigenvalue weighted by atomic mass is 16.7. The Kier molecular flexibility index (Phi) is 4.14. The zero-order valence-corrected chi connectivity index (χ0v) is 17.4. The number of carbonyl (C=O) groups is 1. The van der Waals surface area contributed by atoms with E-state index in [-0.39, 0.29) is 18.2 Å². The molecule has 2 aliphatic rings. The molecule has 0 fully saturated rings. The van der Waals surface area contributed by atoms with E-state index in [0.29, 0.717) is 23.7 Å². The van der Waals surface area contributed by atoms with Crippen molar-refractivity contribution in [1.29, 1.82) is 0 Å². The molecule has 0 amide bonds. The van der Waals surface area contributed by atoms with Crippen LogP contribution in [0.5, 0.6) is 17.2 Å². The third-order valence-corrected chi connectivity index (χ3v) is 6.03. The summed E-state index contributed by atoms with van der Waals surface area (Å²) in [6.07, 6.45) is 0.507. The van der Waals surface area contributed by atoms with Gasteiger partial charge in [0.05, 0.1) is 0 Å². The van der Waals surface area contributed by atoms with Crippen molar-refractivity contribution in [3.05, 3.63) is 89.0 Å². The van der Waals surface area contributed by atoms with Crippen LogP contribution >= 0.6 is 0 Å². The van der Waals surface area contributed by atoms with Gasteiger partial charge in [0.15, 0.2) is 11.5 Å². The number of fused-ring (bicyclic) bond motifs is 2. The van der Waals surface area contributed by atoms with E-state index in [9.17, 15) is 4.79 Å². The molecule has 0 saturated heterocycles. The SMILES string of the molecule is CC(C)(C)c1ccc2c(c1)C(Cc1ccccc1)(c1ccc3c(c1)OCO3)C(=O)O2. The van der Waals surface area contributed by atoms with Crippen molar-refractivity contribution < 1.29 is 19.0 Å². The van der Waals surface area contributed by atoms with E-state index in [2.05, 4.69) is 26.8 Å². The Hall–Kier alpha value is -3.27. The molecule has 2 aliphatic heterocycles. The van der Waals surface area contributed by atoms with E-state index in [0.717, 1.165) is 22.3 Å². The first kappa shape index (κ1) is 18.7. The first-order valence-corrected chi connectivity index (χ1v) is 10.2. The van der Waals surface area contributed by atoms with Crippen LogP contribution in [-0.2, 0) is 22.0 Å². The Morgan fingerprint density at radius 3 is 2.37 bits per heavy atom. The minimum atomic E-state index is -0.946. The Morgan fingerprint density at radius 2 is 1.60 bits per heavy atom. The number of esters is 1. The number of hydrogen-bond acceptors (Lipinski definition) is 4. The second kappa shape index (κ2) is 6.63. The fourth-order valence-electron chi connectivity index (χ4n) is 4.32. The largest absolute Gasteiger partial charge is 0.454 e. The zero-order valence-electron chi connectivity index (χ0n) is 17.4. The Balaban J connectivity index is 1.75. The fourth-order valence-corrected chi connectivity index (χ4v) is 4.32. The van der Waals surface area contributed by atoms with Crippen LogP contribution in [-0.4, -0.2) is 12.8 Å². The molecule has 0 aromatic heterocycles. The molecule has 3 aromatic rings. The van der Waals surface area contributed by atoms with Gasteiger partial charge < -0.3 is 14.2 Å². The molecule has 2 heterocycles. The van der Waals surface area contributed by atoms with Gasteiger partial charge in [0.2, 0.25) is 6.79 Å². The normalized spacial score (nSPS) is 19.5. The second-order valence-electron chi connectivity index (χ2n) is 8.99. The van der Waals surface area contributed by atoms with Crippen LogP contribution in [0.2, 0.25) is 0 Å². The van der Waals surface area contributed by atoms with Crippen LogP contribution in [0.1, 0.15) is 43.0 Å². The van der Waals surface area contributed by atoms with Gasteiger partial charge in [0, 0.05) is 5.56 Å². The monoisotopic (exact) mass is 400 g/mol. The van der Waals surface area contributed by atoms with Gasteiger partial charge in [-0.15, -0.1) is 0 Å². The highest BCUT2D eigenvalue weighted by molar-refractivity contribution is 5.95. The van der Waals surface area contributed by atoms with Crippen LogP contribution in [0.15, 0.2) is 66.7 Å². The third-order valence-electron chi connectivity index (χ3n) is 6.03. The molecule has 5 rings (SSSR count). The summed E-state index contributed by atoms with van der Waals surface area (Å²) in [4.78, 5) is 13.5. The topological polar surface area (TPSA) is 44.8 Å². The van der Waals surface area contributed by atoms with Gasteiger partial charge in [0.25, 0.3) is 0 Å². The highest BCUT2D eigenvalue weighted by Crippen LogP contribution is 2.49. The quantitative estimate of drug-likeness (QED) is 0.450. The van der Waals surface area contributed by atoms with Gasteiger partial charge in [-0.05, 0) is 46.7 Å². The molecular formula is C26H24O4. The van der Waals surface area contributed by atoms with Crippen molar-refractivity contribution in [3.63, 3.8) is 0 Å². The molecule has 152 valence electrons. The molecule has 4 heteroatoms. The van der Waals surface area contributed by atoms with Gasteiger partial charge in [-0.2, -0.15) is 0 Å². The molecule has 30 heavy (non-hydrogen) atoms. The lowest BCUT2D eigenvalue weighted by Gasteiger charge is -2.28. The van der Waals surface area contributed by atoms with Crippen LogP contribution < -0.4 is 14.2 Å². The maximum Gasteiger partial charge on any atom is 0.326 e. The Bertz CT molecular complexity index is 1130. The van der Waals surface area contributed by atoms with E-state index >= 15 is 0 Å². The average Bonchev–Trinajstić information content (AvgIpc) is 3.30. The first-order valence-electron chi connectivity index (χ1n) is 10.2. The summed E-state index contributed by atoms with van der Waals surface area (Å²) < 4.78 is 16.9. The van der Waals surface area contributed by atoms with Gasteiger partial charge >= 0.3 is 5.97 Å². The lowest BCUT2D eigenvalue weighted by molar-refractivity contribution is -0.136. The van der Waals surface area contributed by atoms with Crippen molar-refractivity contribution in [2.24, 2.45) is 0 Å². The second-order valence-corrected chi connectivity index (χ2v) is 8.99. The predicted molar refractivity (Wildman–Crippen MR) is 114 cm³/mol. The van der Waals surface area contributed by atoms with Gasteiger partial charge in [-0.1, -0.05) is 69.3 Å². The molecular weight excluding hydrogens is 376 g/mol. The molecule has 1 atom stereocenters. The van der Waals surface area contributed by atoms with Crippen LogP contribution in [0.4, 0.5) is 0 Å². The fraction of sp³-hybridized carbons (Fsp3) is 0.269. The van der Waals surface area contributed by atoms with Crippen LogP contribution in [0.25, 0.3) is 0 Å². The summed E-state index contributed by atoms with van der Waals surface area (Å²) in [5, 5.41) is 0. The maximum atomic E-state index is 13.5. The summed E-state index contributed by atoms with van der Waals surface area (Å²) >= 11 is 0. The van der Waals surface area contributed by atoms with E-state index in [4.69, 9.17) is 14.2 Å². The van der Waals surface area contributed by atoms with Gasteiger partial charge in [0.1, 0.15) is 11.2 Å². The van der Waals surface area contributed by atoms with Crippen molar-refractivity contribution in [2.75, 3.05) is 6.79 Å². The van der Waals surface area contributed by atoms with Crippen LogP contribution in [0.3, 0.4) is 0 Å². The first-order chi connectivity index (χ1) is 14.4. The van der Waals surface area contributed by atoms with E-state index in [1.54, 1.807) is 0 Å². The van der Waals surface area contributed by atoms with E-state index in [1.165, 1.54) is 0 Å². The van der Waals surface area contributed by atoms with Crippen molar-refractivity contribution in [2.45, 2.75) is 38.0 Å². The third kappa shape index (κ3) is 2.86. The molecule has 0 radical (unpaired) electrons. The Morgan fingerprint density at radius 1 is 0.867 bits per heavy atom. The van der Waals surface area contributed by atoms with E-state index < -0.39 is 5.41 Å². The van der Waals surface area contributed by atoms with Gasteiger partial charge in [-0.3, -0.25) is 4.79 Å². The predicted octanol–water partition coefficient (Wildman–Crippen LogP) is 5.16. The summed E-state index contributed by atoms with van der Waals surface area (Å²) in [7, 11) is 0. The molecule has 0 bridgehead atoms. The average molecular weight is 400 g/mol. The lowest BCUT2D eigenvalue weighted by Crippen LogP contribution is -2.37. The number of hydrogen-bond donors (Lipinski definition) is 0. The summed E-state index contributed by atoms with van der Waals surface area (Å²) in [5.74, 6) is 1.73. The lowest BCUT2D eigenvalue weighted by atomic mass is 9.70. The summed E-state index contributed by atoms with van der Waals surface area (Å²) in [5.41, 5.74) is 3.00. The molecule has 4 nitrogen and oxygen atoms in total. The van der Waals surface area contributed by atoms with Crippen molar-refractivity contribution in [1.82, 2.24) is 0 Å². The van der Waals surface area contributed by atoms with Crippen molar-refractivity contribution in [3.8, 4) is 17.2 Å². The number of carbonyl (C=O) groups excluding carboxylic acids is 1. The Labute approximate surface area is 176 Å². The standard InChI is InChI=1S/C26H24O4/c1-25(2,3)18-9-11-21-20(13-18)26(24(27)30-21,15-17-7-5-4-6-8-17)19-10-12-22-23(14-19)29-16-28-22/h4-14H,15-16H2,1-3H3. The van der Waals surface area contributed by atoms with Crippen LogP contribution in [0, 0.1) is 0 Å². The van der Waals surface area contributed by atoms with Crippen molar-refractivity contribution >= 4 is 5.97 Å². The van der Waals surface area contributed by atoms with Gasteiger partial charge in [-0.25, -0.2) is 0 Å². The highest BCUT2D eigenvalue weighted by Gasteiger charge is 2.51. The summed E-state index contributed by atoms with van der Waals surface area (Å²) in [6.45, 7) is 6.71. The molecule has 0 spiro atoms. The molecule has 0 saturated carbocycles. The number of rotatable bonds is 3. The molecule has 1 unspecified atom stereocenters. The smallest absolute Gasteiger partial charge is 0.326 e. The molecule has 3 aromatic carbocycles. The minimum Gasteiger partial charge on any atom is -0.454 e. The zero-order chi connectivity index (χ0) is 20.9.